The Labute approximate surface area is 142 Å². The molecule has 1 aliphatic carbocycles. The molecule has 2 aliphatic rings. The van der Waals surface area contributed by atoms with E-state index in [1.165, 1.54) is 6.20 Å². The van der Waals surface area contributed by atoms with Gasteiger partial charge >= 0.3 is 5.97 Å². The van der Waals surface area contributed by atoms with Crippen molar-refractivity contribution < 1.29 is 24.1 Å². The van der Waals surface area contributed by atoms with Crippen LogP contribution in [0, 0.1) is 5.82 Å². The van der Waals surface area contributed by atoms with Crippen molar-refractivity contribution in [2.75, 3.05) is 13.7 Å². The number of hydrogen-bond acceptors (Lipinski definition) is 5. The van der Waals surface area contributed by atoms with E-state index in [2.05, 4.69) is 0 Å². The van der Waals surface area contributed by atoms with Gasteiger partial charge in [0.25, 0.3) is 0 Å². The second-order valence-corrected chi connectivity index (χ2v) is 6.36. The van der Waals surface area contributed by atoms with E-state index >= 15 is 0 Å². The number of carboxylic acids is 1. The van der Waals surface area contributed by atoms with Gasteiger partial charge < -0.3 is 25.3 Å². The van der Waals surface area contributed by atoms with Crippen molar-refractivity contribution in [2.24, 2.45) is 5.73 Å². The molecule has 4 N–H and O–H groups in total. The van der Waals surface area contributed by atoms with E-state index in [0.29, 0.717) is 18.4 Å². The van der Waals surface area contributed by atoms with Crippen molar-refractivity contribution in [2.45, 2.75) is 31.3 Å². The summed E-state index contributed by atoms with van der Waals surface area (Å²) in [6.07, 6.45) is 2.61. The number of ether oxygens (including phenoxy) is 1. The summed E-state index contributed by atoms with van der Waals surface area (Å²) >= 11 is 0. The summed E-state index contributed by atoms with van der Waals surface area (Å²) in [6, 6.07) is 0.920. The second-order valence-electron chi connectivity index (χ2n) is 6.36. The number of aromatic nitrogens is 1. The maximum absolute atomic E-state index is 14.6. The normalized spacial score (nSPS) is 19.6. The number of aliphatic hydroxyl groups is 1. The summed E-state index contributed by atoms with van der Waals surface area (Å²) in [4.78, 5) is 23.7. The minimum atomic E-state index is -1.33. The number of pyridine rings is 1. The Kier molecular flexibility index (Phi) is 4.04. The molecule has 0 bridgehead atoms. The van der Waals surface area contributed by atoms with Gasteiger partial charge in [0, 0.05) is 18.8 Å². The maximum atomic E-state index is 14.6. The Balaban J connectivity index is 0.000000880. The van der Waals surface area contributed by atoms with Gasteiger partial charge in [0.2, 0.25) is 5.43 Å². The quantitative estimate of drug-likeness (QED) is 0.753. The molecule has 1 fully saturated rings. The zero-order valence-corrected chi connectivity index (χ0v) is 13.9. The molecule has 2 aromatic rings. The molecular formula is C17H19FN2O5. The van der Waals surface area contributed by atoms with E-state index in [1.54, 1.807) is 4.57 Å². The lowest BCUT2D eigenvalue weighted by molar-refractivity contribution is 0.0694. The van der Waals surface area contributed by atoms with E-state index in [9.17, 15) is 19.1 Å². The highest BCUT2D eigenvalue weighted by molar-refractivity contribution is 5.95. The van der Waals surface area contributed by atoms with Crippen LogP contribution in [0.4, 0.5) is 4.39 Å². The largest absolute Gasteiger partial charge is 0.489 e. The fourth-order valence-corrected chi connectivity index (χ4v) is 3.23. The first-order chi connectivity index (χ1) is 11.8. The Bertz CT molecular complexity index is 933. The Morgan fingerprint density at radius 2 is 2.08 bits per heavy atom. The van der Waals surface area contributed by atoms with Crippen LogP contribution >= 0.6 is 0 Å². The van der Waals surface area contributed by atoms with Gasteiger partial charge in [-0.05, 0) is 25.8 Å². The monoisotopic (exact) mass is 350 g/mol. The van der Waals surface area contributed by atoms with Crippen molar-refractivity contribution in [1.82, 2.24) is 4.57 Å². The number of aromatic carboxylic acids is 1. The number of aliphatic hydroxyl groups excluding tert-OH is 1. The lowest BCUT2D eigenvalue weighted by Crippen LogP contribution is -2.30. The van der Waals surface area contributed by atoms with E-state index in [-0.39, 0.29) is 34.9 Å². The first-order valence-electron chi connectivity index (χ1n) is 7.85. The van der Waals surface area contributed by atoms with Crippen LogP contribution in [0.2, 0.25) is 0 Å². The van der Waals surface area contributed by atoms with E-state index in [0.717, 1.165) is 13.2 Å². The highest BCUT2D eigenvalue weighted by atomic mass is 19.1. The predicted octanol–water partition coefficient (Wildman–Crippen LogP) is 1.35. The predicted molar refractivity (Wildman–Crippen MR) is 88.6 cm³/mol. The first kappa shape index (κ1) is 17.4. The van der Waals surface area contributed by atoms with Gasteiger partial charge in [-0.25, -0.2) is 9.18 Å². The number of halogens is 1. The van der Waals surface area contributed by atoms with Crippen LogP contribution in [0.3, 0.4) is 0 Å². The summed E-state index contributed by atoms with van der Waals surface area (Å²) in [7, 11) is 1.00. The van der Waals surface area contributed by atoms with Crippen LogP contribution in [0.15, 0.2) is 17.1 Å². The molecule has 1 aliphatic heterocycles. The van der Waals surface area contributed by atoms with Gasteiger partial charge in [-0.3, -0.25) is 4.79 Å². The van der Waals surface area contributed by atoms with Crippen LogP contribution in [-0.2, 0) is 5.54 Å². The smallest absolute Gasteiger partial charge is 0.341 e. The fourth-order valence-electron chi connectivity index (χ4n) is 3.23. The molecule has 1 saturated carbocycles. The Morgan fingerprint density at radius 1 is 1.44 bits per heavy atom. The zero-order valence-electron chi connectivity index (χ0n) is 13.9. The van der Waals surface area contributed by atoms with Gasteiger partial charge in [0.15, 0.2) is 5.75 Å². The summed E-state index contributed by atoms with van der Waals surface area (Å²) in [5, 5.41) is 16.2. The Morgan fingerprint density at radius 3 is 2.64 bits per heavy atom. The average Bonchev–Trinajstić information content (AvgIpc) is 3.32. The van der Waals surface area contributed by atoms with Crippen molar-refractivity contribution in [3.63, 3.8) is 0 Å². The van der Waals surface area contributed by atoms with Crippen LogP contribution in [0.5, 0.6) is 5.75 Å². The number of rotatable bonds is 2. The maximum Gasteiger partial charge on any atom is 0.341 e. The summed E-state index contributed by atoms with van der Waals surface area (Å²) in [5.41, 5.74) is 5.02. The topological polar surface area (TPSA) is 115 Å². The highest BCUT2D eigenvalue weighted by Crippen LogP contribution is 2.50. The molecule has 8 heteroatoms. The number of nitrogens with two attached hydrogens (primary N) is 1. The van der Waals surface area contributed by atoms with Crippen LogP contribution < -0.4 is 15.9 Å². The molecular weight excluding hydrogens is 331 g/mol. The fraction of sp³-hybridized carbons (Fsp3) is 0.412. The van der Waals surface area contributed by atoms with Gasteiger partial charge in [-0.2, -0.15) is 0 Å². The van der Waals surface area contributed by atoms with Crippen molar-refractivity contribution in [3.05, 3.63) is 39.4 Å². The SMILES string of the molecule is CO.C[C@H]1COc2c(C3(N)CC3)c(F)cc3c(=O)c(C(=O)O)cn1c23. The summed E-state index contributed by atoms with van der Waals surface area (Å²) in [5.74, 6) is -1.68. The molecule has 0 saturated heterocycles. The third-order valence-corrected chi connectivity index (χ3v) is 4.68. The van der Waals surface area contributed by atoms with Crippen LogP contribution in [0.25, 0.3) is 10.9 Å². The molecule has 25 heavy (non-hydrogen) atoms. The number of carbonyl (C=O) groups is 1. The number of hydrogen-bond donors (Lipinski definition) is 3. The molecule has 1 aromatic heterocycles. The highest BCUT2D eigenvalue weighted by Gasteiger charge is 2.46. The first-order valence-corrected chi connectivity index (χ1v) is 7.85. The molecule has 0 amide bonds. The molecule has 2 heterocycles. The molecule has 0 radical (unpaired) electrons. The molecule has 134 valence electrons. The van der Waals surface area contributed by atoms with Crippen molar-refractivity contribution >= 4 is 16.9 Å². The molecule has 7 nitrogen and oxygen atoms in total. The van der Waals surface area contributed by atoms with Crippen molar-refractivity contribution in [3.8, 4) is 5.75 Å². The second kappa shape index (κ2) is 5.82. The van der Waals surface area contributed by atoms with Gasteiger partial charge in [0.1, 0.15) is 18.0 Å². The average molecular weight is 350 g/mol. The standard InChI is InChI=1S/C16H15FN2O4.CH4O/c1-7-6-23-14-11(16(18)2-3-16)10(17)4-8-12(14)19(7)5-9(13(8)20)15(21)22;1-2/h4-5,7H,2-3,6,18H2,1H3,(H,21,22);2H,1H3/t7-;/m0./s1. The molecule has 4 rings (SSSR count). The minimum Gasteiger partial charge on any atom is -0.489 e. The van der Waals surface area contributed by atoms with Gasteiger partial charge in [-0.1, -0.05) is 0 Å². The number of carboxylic acid groups (broad SMARTS) is 1. The van der Waals surface area contributed by atoms with E-state index in [1.807, 2.05) is 6.92 Å². The number of benzene rings is 1. The van der Waals surface area contributed by atoms with Crippen LogP contribution in [0.1, 0.15) is 41.7 Å². The third-order valence-electron chi connectivity index (χ3n) is 4.68. The van der Waals surface area contributed by atoms with E-state index in [4.69, 9.17) is 15.6 Å². The van der Waals surface area contributed by atoms with Crippen molar-refractivity contribution in [1.29, 1.82) is 0 Å². The zero-order chi connectivity index (χ0) is 18.5. The van der Waals surface area contributed by atoms with Gasteiger partial charge in [0.05, 0.1) is 22.5 Å². The number of nitrogens with zero attached hydrogens (tertiary/aromatic N) is 1. The summed E-state index contributed by atoms with van der Waals surface area (Å²) in [6.45, 7) is 2.10. The minimum absolute atomic E-state index is 0.0111. The molecule has 0 spiro atoms. The van der Waals surface area contributed by atoms with Crippen LogP contribution in [-0.4, -0.2) is 34.5 Å². The lowest BCUT2D eigenvalue weighted by Gasteiger charge is -2.29. The molecule has 0 unspecified atom stereocenters. The Hall–Kier alpha value is -2.45. The molecule has 1 atom stereocenters. The van der Waals surface area contributed by atoms with Gasteiger partial charge in [-0.15, -0.1) is 0 Å². The molecule has 1 aromatic carbocycles. The summed E-state index contributed by atoms with van der Waals surface area (Å²) < 4.78 is 22.0. The van der Waals surface area contributed by atoms with E-state index < -0.39 is 22.8 Å². The third kappa shape index (κ3) is 2.49. The lowest BCUT2D eigenvalue weighted by atomic mass is 9.98.